The molecule has 0 saturated heterocycles. The third-order valence-corrected chi connectivity index (χ3v) is 5.66. The number of nitrogens with one attached hydrogen (secondary N) is 1. The molecule has 2 aromatic carbocycles. The number of carboxylic acid groups (broad SMARTS) is 1. The number of hydrogen-bond donors (Lipinski definition) is 2. The number of carboxylic acids is 1. The molecule has 0 saturated carbocycles. The molecule has 2 aromatic rings. The standard InChI is InChI=1S/C24H28N2O4/c1-2-17-5-3-4-6-19(17)16-29-20-9-7-18(8-10-20)24-25-21-15-26(14-12-23(27)28)13-11-22(21)30-24/h3-10,24-25H,2,11-16H2,1H3,(H,27,28). The van der Waals surface area contributed by atoms with E-state index in [0.717, 1.165) is 42.2 Å². The Morgan fingerprint density at radius 3 is 2.70 bits per heavy atom. The molecular weight excluding hydrogens is 380 g/mol. The van der Waals surface area contributed by atoms with Crippen LogP contribution in [-0.4, -0.2) is 35.6 Å². The molecule has 2 heterocycles. The average molecular weight is 408 g/mol. The first-order chi connectivity index (χ1) is 14.6. The first-order valence-electron chi connectivity index (χ1n) is 10.5. The molecule has 6 heteroatoms. The molecular formula is C24H28N2O4. The van der Waals surface area contributed by atoms with E-state index in [0.29, 0.717) is 19.7 Å². The Hall–Kier alpha value is -2.99. The van der Waals surface area contributed by atoms with Gasteiger partial charge < -0.3 is 19.9 Å². The SMILES string of the molecule is CCc1ccccc1COc1ccc(C2NC3=C(CCN(CCC(=O)O)C3)O2)cc1. The lowest BCUT2D eigenvalue weighted by Gasteiger charge is -2.25. The van der Waals surface area contributed by atoms with Crippen LogP contribution in [0.5, 0.6) is 5.75 Å². The van der Waals surface area contributed by atoms with E-state index in [1.807, 2.05) is 30.3 Å². The molecule has 0 spiro atoms. The van der Waals surface area contributed by atoms with Gasteiger partial charge in [0.1, 0.15) is 18.1 Å². The van der Waals surface area contributed by atoms with Crippen LogP contribution in [0.1, 0.15) is 42.7 Å². The zero-order valence-corrected chi connectivity index (χ0v) is 17.3. The van der Waals surface area contributed by atoms with Gasteiger partial charge in [-0.1, -0.05) is 31.2 Å². The van der Waals surface area contributed by atoms with Gasteiger partial charge in [-0.3, -0.25) is 9.69 Å². The van der Waals surface area contributed by atoms with E-state index in [9.17, 15) is 4.79 Å². The Morgan fingerprint density at radius 2 is 1.97 bits per heavy atom. The van der Waals surface area contributed by atoms with E-state index in [1.54, 1.807) is 0 Å². The van der Waals surface area contributed by atoms with Gasteiger partial charge in [-0.15, -0.1) is 0 Å². The van der Waals surface area contributed by atoms with Gasteiger partial charge in [0.25, 0.3) is 0 Å². The summed E-state index contributed by atoms with van der Waals surface area (Å²) in [4.78, 5) is 13.0. The molecule has 0 aliphatic carbocycles. The molecule has 0 aromatic heterocycles. The summed E-state index contributed by atoms with van der Waals surface area (Å²) in [5.74, 6) is 1.06. The van der Waals surface area contributed by atoms with Crippen LogP contribution in [0.25, 0.3) is 0 Å². The van der Waals surface area contributed by atoms with Crippen molar-refractivity contribution in [3.8, 4) is 5.75 Å². The smallest absolute Gasteiger partial charge is 0.304 e. The molecule has 158 valence electrons. The van der Waals surface area contributed by atoms with Crippen molar-refractivity contribution in [1.29, 1.82) is 0 Å². The summed E-state index contributed by atoms with van der Waals surface area (Å²) in [5.41, 5.74) is 4.64. The number of aryl methyl sites for hydroxylation is 1. The lowest BCUT2D eigenvalue weighted by Crippen LogP contribution is -2.35. The molecule has 6 nitrogen and oxygen atoms in total. The second kappa shape index (κ2) is 9.22. The maximum Gasteiger partial charge on any atom is 0.304 e. The highest BCUT2D eigenvalue weighted by Gasteiger charge is 2.30. The van der Waals surface area contributed by atoms with E-state index in [1.165, 1.54) is 11.1 Å². The predicted octanol–water partition coefficient (Wildman–Crippen LogP) is 3.84. The molecule has 0 radical (unpaired) electrons. The molecule has 30 heavy (non-hydrogen) atoms. The average Bonchev–Trinajstić information content (AvgIpc) is 3.20. The second-order valence-electron chi connectivity index (χ2n) is 7.69. The topological polar surface area (TPSA) is 71.0 Å². The minimum absolute atomic E-state index is 0.164. The van der Waals surface area contributed by atoms with Gasteiger partial charge in [0, 0.05) is 31.6 Å². The van der Waals surface area contributed by atoms with Gasteiger partial charge in [-0.05, 0) is 41.8 Å². The molecule has 2 aliphatic heterocycles. The van der Waals surface area contributed by atoms with Gasteiger partial charge >= 0.3 is 5.97 Å². The van der Waals surface area contributed by atoms with Crippen LogP contribution in [0.2, 0.25) is 0 Å². The van der Waals surface area contributed by atoms with Crippen molar-refractivity contribution in [1.82, 2.24) is 10.2 Å². The van der Waals surface area contributed by atoms with Crippen molar-refractivity contribution in [3.05, 3.63) is 76.7 Å². The highest BCUT2D eigenvalue weighted by atomic mass is 16.5. The van der Waals surface area contributed by atoms with Gasteiger partial charge in [0.05, 0.1) is 12.1 Å². The van der Waals surface area contributed by atoms with Crippen LogP contribution < -0.4 is 10.1 Å². The van der Waals surface area contributed by atoms with Crippen LogP contribution in [0.4, 0.5) is 0 Å². The predicted molar refractivity (Wildman–Crippen MR) is 114 cm³/mol. The number of benzene rings is 2. The number of carbonyl (C=O) groups is 1. The Kier molecular flexibility index (Phi) is 6.23. The van der Waals surface area contributed by atoms with Crippen molar-refractivity contribution in [3.63, 3.8) is 0 Å². The first kappa shape index (κ1) is 20.3. The Morgan fingerprint density at radius 1 is 1.20 bits per heavy atom. The fourth-order valence-corrected chi connectivity index (χ4v) is 3.93. The molecule has 1 unspecified atom stereocenters. The third kappa shape index (κ3) is 4.76. The molecule has 0 fully saturated rings. The van der Waals surface area contributed by atoms with Crippen LogP contribution in [0.3, 0.4) is 0 Å². The van der Waals surface area contributed by atoms with Crippen LogP contribution >= 0.6 is 0 Å². The summed E-state index contributed by atoms with van der Waals surface area (Å²) in [5, 5.41) is 12.3. The van der Waals surface area contributed by atoms with Crippen molar-refractivity contribution < 1.29 is 19.4 Å². The fourth-order valence-electron chi connectivity index (χ4n) is 3.93. The maximum atomic E-state index is 10.8. The van der Waals surface area contributed by atoms with Crippen molar-refractivity contribution in [2.75, 3.05) is 19.6 Å². The van der Waals surface area contributed by atoms with Crippen molar-refractivity contribution in [2.45, 2.75) is 39.0 Å². The lowest BCUT2D eigenvalue weighted by molar-refractivity contribution is -0.137. The number of ether oxygens (including phenoxy) is 2. The summed E-state index contributed by atoms with van der Waals surface area (Å²) in [7, 11) is 0. The monoisotopic (exact) mass is 408 g/mol. The highest BCUT2D eigenvalue weighted by Crippen LogP contribution is 2.32. The summed E-state index contributed by atoms with van der Waals surface area (Å²) in [6.45, 7) is 4.81. The van der Waals surface area contributed by atoms with E-state index in [-0.39, 0.29) is 12.6 Å². The summed E-state index contributed by atoms with van der Waals surface area (Å²) in [6.07, 6.45) is 1.76. The molecule has 2 aliphatic rings. The van der Waals surface area contributed by atoms with E-state index in [2.05, 4.69) is 35.3 Å². The largest absolute Gasteiger partial charge is 0.489 e. The lowest BCUT2D eigenvalue weighted by atomic mass is 10.1. The zero-order valence-electron chi connectivity index (χ0n) is 17.3. The van der Waals surface area contributed by atoms with Gasteiger partial charge in [0.15, 0.2) is 6.23 Å². The van der Waals surface area contributed by atoms with Crippen LogP contribution in [0, 0.1) is 0 Å². The van der Waals surface area contributed by atoms with Gasteiger partial charge in [-0.2, -0.15) is 0 Å². The zero-order chi connectivity index (χ0) is 20.9. The van der Waals surface area contributed by atoms with Gasteiger partial charge in [0.2, 0.25) is 0 Å². The fraction of sp³-hybridized carbons (Fsp3) is 0.375. The van der Waals surface area contributed by atoms with E-state index in [4.69, 9.17) is 14.6 Å². The quantitative estimate of drug-likeness (QED) is 0.692. The van der Waals surface area contributed by atoms with Crippen molar-refractivity contribution >= 4 is 5.97 Å². The number of nitrogens with zero attached hydrogens (tertiary/aromatic N) is 1. The Bertz CT molecular complexity index is 923. The van der Waals surface area contributed by atoms with E-state index < -0.39 is 5.97 Å². The molecule has 0 bridgehead atoms. The first-order valence-corrected chi connectivity index (χ1v) is 10.5. The second-order valence-corrected chi connectivity index (χ2v) is 7.69. The number of rotatable bonds is 8. The molecule has 0 amide bonds. The highest BCUT2D eigenvalue weighted by molar-refractivity contribution is 5.66. The van der Waals surface area contributed by atoms with Crippen LogP contribution in [0.15, 0.2) is 60.0 Å². The number of aliphatic carboxylic acids is 1. The van der Waals surface area contributed by atoms with E-state index >= 15 is 0 Å². The Balaban J connectivity index is 1.31. The minimum Gasteiger partial charge on any atom is -0.489 e. The number of hydrogen-bond acceptors (Lipinski definition) is 5. The molecule has 1 atom stereocenters. The minimum atomic E-state index is -0.760. The summed E-state index contributed by atoms with van der Waals surface area (Å²) >= 11 is 0. The molecule has 4 rings (SSSR count). The van der Waals surface area contributed by atoms with Crippen molar-refractivity contribution in [2.24, 2.45) is 0 Å². The molecule has 2 N–H and O–H groups in total. The third-order valence-electron chi connectivity index (χ3n) is 5.66. The summed E-state index contributed by atoms with van der Waals surface area (Å²) < 4.78 is 12.1. The van der Waals surface area contributed by atoms with Gasteiger partial charge in [-0.25, -0.2) is 0 Å². The van der Waals surface area contributed by atoms with Crippen LogP contribution in [-0.2, 0) is 22.6 Å². The maximum absolute atomic E-state index is 10.8. The Labute approximate surface area is 177 Å². The summed E-state index contributed by atoms with van der Waals surface area (Å²) in [6, 6.07) is 16.4. The normalized spacial score (nSPS) is 18.5.